The van der Waals surface area contributed by atoms with Crippen molar-refractivity contribution in [1.82, 2.24) is 29.4 Å². The Morgan fingerprint density at radius 2 is 1.08 bits per heavy atom. The number of hydrogen-bond acceptors (Lipinski definition) is 8. The lowest BCUT2D eigenvalue weighted by Crippen LogP contribution is -2.49. The van der Waals surface area contributed by atoms with Crippen molar-refractivity contribution in [3.63, 3.8) is 0 Å². The maximum Gasteiger partial charge on any atom is 0.258 e. The molecule has 262 valence electrons. The highest BCUT2D eigenvalue weighted by Gasteiger charge is 2.17. The molecule has 6 heterocycles. The van der Waals surface area contributed by atoms with Crippen molar-refractivity contribution < 1.29 is 0 Å². The Morgan fingerprint density at radius 3 is 1.57 bits per heavy atom. The highest BCUT2D eigenvalue weighted by Crippen LogP contribution is 2.23. The molecule has 8 rings (SSSR count). The van der Waals surface area contributed by atoms with Gasteiger partial charge in [0.05, 0.1) is 22.8 Å². The molecule has 0 unspecified atom stereocenters. The van der Waals surface area contributed by atoms with Crippen molar-refractivity contribution in [3.05, 3.63) is 128 Å². The standard InChI is InChI=1S/C21H24N4O.C20H22N4O/c1-14-4-5-17(10-15(14)2)19-11-21(26)25-13-18(6-7-20(25)23-19)24-9-8-22-16(3)12-24;1-14-3-4-16(11-15(14)2)18-12-20(25)24-13-17(5-6-19(24)22-18)23-9-7-21-8-10-23/h4-7,10-11,13,16,22H,8-9,12H2,1-3H3;3-6,11-13,21H,7-10H2,1-2H3/t16-;/m0./s1. The Hall–Kier alpha value is -5.32. The Morgan fingerprint density at radius 1 is 0.588 bits per heavy atom. The average Bonchev–Trinajstić information content (AvgIpc) is 3.14. The molecule has 1 atom stereocenters. The first-order valence-corrected chi connectivity index (χ1v) is 17.8. The number of piperazine rings is 2. The van der Waals surface area contributed by atoms with Crippen LogP contribution in [-0.2, 0) is 0 Å². The zero-order chi connectivity index (χ0) is 35.6. The van der Waals surface area contributed by atoms with Crippen molar-refractivity contribution in [2.45, 2.75) is 40.7 Å². The number of aryl methyl sites for hydroxylation is 4. The van der Waals surface area contributed by atoms with Gasteiger partial charge in [0, 0.05) is 87.5 Å². The molecule has 10 heteroatoms. The number of anilines is 2. The van der Waals surface area contributed by atoms with E-state index in [-0.39, 0.29) is 11.1 Å². The first-order chi connectivity index (χ1) is 24.6. The quantitative estimate of drug-likeness (QED) is 0.263. The maximum atomic E-state index is 12.7. The van der Waals surface area contributed by atoms with Gasteiger partial charge in [-0.1, -0.05) is 24.3 Å². The Balaban J connectivity index is 0.000000159. The number of nitrogens with one attached hydrogen (secondary N) is 2. The first-order valence-electron chi connectivity index (χ1n) is 17.8. The van der Waals surface area contributed by atoms with Gasteiger partial charge in [0.1, 0.15) is 11.3 Å². The number of benzene rings is 2. The van der Waals surface area contributed by atoms with Gasteiger partial charge in [0.15, 0.2) is 0 Å². The summed E-state index contributed by atoms with van der Waals surface area (Å²) in [5.41, 5.74) is 11.7. The number of rotatable bonds is 4. The van der Waals surface area contributed by atoms with Gasteiger partial charge in [0.2, 0.25) is 0 Å². The molecule has 2 aliphatic rings. The van der Waals surface area contributed by atoms with E-state index in [0.717, 1.165) is 79.7 Å². The van der Waals surface area contributed by atoms with E-state index in [1.54, 1.807) is 20.9 Å². The minimum Gasteiger partial charge on any atom is -0.368 e. The highest BCUT2D eigenvalue weighted by molar-refractivity contribution is 5.65. The van der Waals surface area contributed by atoms with E-state index in [2.05, 4.69) is 91.5 Å². The second-order valence-corrected chi connectivity index (χ2v) is 13.8. The molecule has 0 radical (unpaired) electrons. The van der Waals surface area contributed by atoms with Crippen LogP contribution in [0.2, 0.25) is 0 Å². The molecular weight excluding hydrogens is 637 g/mol. The van der Waals surface area contributed by atoms with E-state index in [0.29, 0.717) is 17.3 Å². The molecule has 10 nitrogen and oxygen atoms in total. The van der Waals surface area contributed by atoms with Crippen LogP contribution in [0.1, 0.15) is 29.2 Å². The monoisotopic (exact) mass is 682 g/mol. The molecule has 0 amide bonds. The van der Waals surface area contributed by atoms with Crippen molar-refractivity contribution in [1.29, 1.82) is 0 Å². The summed E-state index contributed by atoms with van der Waals surface area (Å²) in [4.78, 5) is 39.4. The van der Waals surface area contributed by atoms with Crippen LogP contribution < -0.4 is 31.6 Å². The lowest BCUT2D eigenvalue weighted by atomic mass is 10.0. The van der Waals surface area contributed by atoms with Gasteiger partial charge >= 0.3 is 0 Å². The van der Waals surface area contributed by atoms with Gasteiger partial charge in [-0.2, -0.15) is 0 Å². The highest BCUT2D eigenvalue weighted by atomic mass is 16.1. The van der Waals surface area contributed by atoms with Gasteiger partial charge in [-0.15, -0.1) is 0 Å². The fraction of sp³-hybridized carbons (Fsp3) is 0.317. The zero-order valence-corrected chi connectivity index (χ0v) is 30.1. The maximum absolute atomic E-state index is 12.7. The second kappa shape index (κ2) is 14.5. The summed E-state index contributed by atoms with van der Waals surface area (Å²) in [7, 11) is 0. The molecule has 4 aromatic heterocycles. The van der Waals surface area contributed by atoms with E-state index in [1.807, 2.05) is 36.7 Å². The van der Waals surface area contributed by atoms with Crippen LogP contribution in [0.5, 0.6) is 0 Å². The third-order valence-electron chi connectivity index (χ3n) is 10.1. The summed E-state index contributed by atoms with van der Waals surface area (Å²) in [5.74, 6) is 0. The van der Waals surface area contributed by atoms with Gasteiger partial charge < -0.3 is 20.4 Å². The van der Waals surface area contributed by atoms with Crippen LogP contribution in [0.4, 0.5) is 11.4 Å². The molecule has 51 heavy (non-hydrogen) atoms. The number of aromatic nitrogens is 4. The Kier molecular flexibility index (Phi) is 9.71. The number of fused-ring (bicyclic) bond motifs is 2. The van der Waals surface area contributed by atoms with Crippen molar-refractivity contribution in [2.24, 2.45) is 0 Å². The van der Waals surface area contributed by atoms with Crippen LogP contribution in [0.15, 0.2) is 94.8 Å². The molecule has 0 spiro atoms. The third-order valence-corrected chi connectivity index (χ3v) is 10.1. The smallest absolute Gasteiger partial charge is 0.258 e. The predicted molar refractivity (Wildman–Crippen MR) is 208 cm³/mol. The molecule has 0 bridgehead atoms. The predicted octanol–water partition coefficient (Wildman–Crippen LogP) is 5.16. The summed E-state index contributed by atoms with van der Waals surface area (Å²) in [5, 5.41) is 6.79. The second-order valence-electron chi connectivity index (χ2n) is 13.8. The summed E-state index contributed by atoms with van der Waals surface area (Å²) in [6.45, 7) is 17.2. The third kappa shape index (κ3) is 7.43. The number of hydrogen-bond donors (Lipinski definition) is 2. The lowest BCUT2D eigenvalue weighted by molar-refractivity contribution is 0.484. The van der Waals surface area contributed by atoms with Crippen LogP contribution in [0.3, 0.4) is 0 Å². The van der Waals surface area contributed by atoms with Gasteiger partial charge in [-0.05, 0) is 93.3 Å². The minimum absolute atomic E-state index is 0.0461. The van der Waals surface area contributed by atoms with Gasteiger partial charge in [-0.3, -0.25) is 18.4 Å². The molecular formula is C41H46N8O2. The number of pyridine rings is 2. The van der Waals surface area contributed by atoms with E-state index in [4.69, 9.17) is 9.97 Å². The van der Waals surface area contributed by atoms with E-state index >= 15 is 0 Å². The largest absolute Gasteiger partial charge is 0.368 e. The van der Waals surface area contributed by atoms with E-state index in [9.17, 15) is 9.59 Å². The molecule has 0 aliphatic carbocycles. The fourth-order valence-electron chi connectivity index (χ4n) is 6.74. The van der Waals surface area contributed by atoms with Crippen molar-refractivity contribution in [2.75, 3.05) is 55.6 Å². The van der Waals surface area contributed by atoms with Gasteiger partial charge in [-0.25, -0.2) is 9.97 Å². The van der Waals surface area contributed by atoms with Gasteiger partial charge in [0.25, 0.3) is 11.1 Å². The fourth-order valence-corrected chi connectivity index (χ4v) is 6.74. The average molecular weight is 683 g/mol. The van der Waals surface area contributed by atoms with Crippen LogP contribution in [-0.4, -0.2) is 70.6 Å². The van der Waals surface area contributed by atoms with E-state index in [1.165, 1.54) is 22.3 Å². The Labute approximate surface area is 298 Å². The molecule has 6 aromatic rings. The molecule has 2 fully saturated rings. The molecule has 2 saturated heterocycles. The zero-order valence-electron chi connectivity index (χ0n) is 30.1. The van der Waals surface area contributed by atoms with Crippen LogP contribution >= 0.6 is 0 Å². The van der Waals surface area contributed by atoms with Crippen molar-refractivity contribution >= 4 is 22.7 Å². The molecule has 2 N–H and O–H groups in total. The summed E-state index contributed by atoms with van der Waals surface area (Å²) in [6.07, 6.45) is 3.81. The summed E-state index contributed by atoms with van der Waals surface area (Å²) >= 11 is 0. The van der Waals surface area contributed by atoms with E-state index < -0.39 is 0 Å². The number of nitrogens with zero attached hydrogens (tertiary/aromatic N) is 6. The molecule has 2 aromatic carbocycles. The Bertz CT molecular complexity index is 2340. The normalized spacial score (nSPS) is 16.3. The summed E-state index contributed by atoms with van der Waals surface area (Å²) in [6, 6.07) is 24.0. The minimum atomic E-state index is -0.0479. The summed E-state index contributed by atoms with van der Waals surface area (Å²) < 4.78 is 3.29. The topological polar surface area (TPSA) is 99.3 Å². The molecule has 2 aliphatic heterocycles. The van der Waals surface area contributed by atoms with Crippen LogP contribution in [0.25, 0.3) is 33.8 Å². The first kappa shape index (κ1) is 34.1. The van der Waals surface area contributed by atoms with Crippen LogP contribution in [0, 0.1) is 27.7 Å². The van der Waals surface area contributed by atoms with Crippen molar-refractivity contribution in [3.8, 4) is 22.5 Å². The lowest BCUT2D eigenvalue weighted by Gasteiger charge is -2.33. The molecule has 0 saturated carbocycles. The SMILES string of the molecule is Cc1ccc(-c2cc(=O)n3cc(N4CCNCC4)ccc3n2)cc1C.Cc1ccc(-c2cc(=O)n3cc(N4CCN[C@@H](C)C4)ccc3n2)cc1C.